The number of nitrogens with zero attached hydrogens (tertiary/aromatic N) is 1. The second-order valence-electron chi connectivity index (χ2n) is 6.93. The van der Waals surface area contributed by atoms with Crippen LogP contribution in [0.1, 0.15) is 25.3 Å². The van der Waals surface area contributed by atoms with Crippen molar-refractivity contribution in [2.24, 2.45) is 5.92 Å². The van der Waals surface area contributed by atoms with Crippen molar-refractivity contribution in [1.29, 1.82) is 0 Å². The van der Waals surface area contributed by atoms with E-state index in [4.69, 9.17) is 9.47 Å². The Balaban J connectivity index is 1.88. The maximum atomic E-state index is 12.3. The van der Waals surface area contributed by atoms with Gasteiger partial charge in [0.2, 0.25) is 5.91 Å². The summed E-state index contributed by atoms with van der Waals surface area (Å²) in [7, 11) is 5.65. The summed E-state index contributed by atoms with van der Waals surface area (Å²) in [4.78, 5) is 14.4. The van der Waals surface area contributed by atoms with Crippen LogP contribution in [0.25, 0.3) is 0 Å². The quantitative estimate of drug-likeness (QED) is 0.747. The van der Waals surface area contributed by atoms with Crippen molar-refractivity contribution >= 4 is 5.91 Å². The van der Waals surface area contributed by atoms with E-state index in [0.29, 0.717) is 24.9 Å². The molecule has 1 aromatic carbocycles. The molecule has 6 nitrogen and oxygen atoms in total. The lowest BCUT2D eigenvalue weighted by atomic mass is 9.92. The number of carbonyl (C=O) groups is 1. The maximum Gasteiger partial charge on any atom is 0.223 e. The molecule has 2 N–H and O–H groups in total. The largest absolute Gasteiger partial charge is 0.493 e. The number of piperidine rings is 1. The highest BCUT2D eigenvalue weighted by Gasteiger charge is 2.24. The van der Waals surface area contributed by atoms with Crippen LogP contribution in [0.3, 0.4) is 0 Å². The van der Waals surface area contributed by atoms with Crippen LogP contribution < -0.4 is 20.1 Å². The summed E-state index contributed by atoms with van der Waals surface area (Å²) in [6.07, 6.45) is 1.80. The van der Waals surface area contributed by atoms with Gasteiger partial charge in [-0.2, -0.15) is 0 Å². The van der Waals surface area contributed by atoms with Crippen LogP contribution in [0.15, 0.2) is 18.2 Å². The lowest BCUT2D eigenvalue weighted by Gasteiger charge is -2.27. The zero-order chi connectivity index (χ0) is 18.2. The topological polar surface area (TPSA) is 62.8 Å². The Kier molecular flexibility index (Phi) is 7.52. The van der Waals surface area contributed by atoms with Gasteiger partial charge >= 0.3 is 0 Å². The maximum absolute atomic E-state index is 12.3. The number of benzene rings is 1. The Morgan fingerprint density at radius 3 is 2.84 bits per heavy atom. The van der Waals surface area contributed by atoms with Gasteiger partial charge in [0.25, 0.3) is 0 Å². The van der Waals surface area contributed by atoms with Crippen LogP contribution in [0, 0.1) is 5.92 Å². The second kappa shape index (κ2) is 9.63. The van der Waals surface area contributed by atoms with E-state index in [1.54, 1.807) is 7.11 Å². The highest BCUT2D eigenvalue weighted by atomic mass is 16.5. The first-order valence-electron chi connectivity index (χ1n) is 8.95. The Bertz CT molecular complexity index is 563. The van der Waals surface area contributed by atoms with Crippen molar-refractivity contribution in [1.82, 2.24) is 15.5 Å². The number of methoxy groups -OCH3 is 1. The number of likely N-dealkylation sites (N-methyl/N-ethyl adjacent to an activating group) is 1. The van der Waals surface area contributed by atoms with Gasteiger partial charge in [-0.1, -0.05) is 6.07 Å². The highest BCUT2D eigenvalue weighted by Crippen LogP contribution is 2.28. The van der Waals surface area contributed by atoms with Gasteiger partial charge in [0.05, 0.1) is 7.11 Å². The Labute approximate surface area is 150 Å². The number of hydrogen-bond donors (Lipinski definition) is 2. The van der Waals surface area contributed by atoms with E-state index in [1.165, 1.54) is 0 Å². The molecule has 0 spiro atoms. The van der Waals surface area contributed by atoms with Crippen LogP contribution >= 0.6 is 0 Å². The predicted molar refractivity (Wildman–Crippen MR) is 99.1 cm³/mol. The van der Waals surface area contributed by atoms with E-state index in [2.05, 4.69) is 22.5 Å². The van der Waals surface area contributed by atoms with Crippen molar-refractivity contribution in [3.8, 4) is 11.5 Å². The molecule has 0 aliphatic carbocycles. The van der Waals surface area contributed by atoms with Crippen molar-refractivity contribution in [2.45, 2.75) is 32.4 Å². The summed E-state index contributed by atoms with van der Waals surface area (Å²) in [6.45, 7) is 4.99. The summed E-state index contributed by atoms with van der Waals surface area (Å²) >= 11 is 0. The molecular weight excluding hydrogens is 318 g/mol. The molecule has 25 heavy (non-hydrogen) atoms. The Morgan fingerprint density at radius 1 is 1.36 bits per heavy atom. The molecule has 1 saturated heterocycles. The van der Waals surface area contributed by atoms with E-state index < -0.39 is 0 Å². The number of ether oxygens (including phenoxy) is 2. The summed E-state index contributed by atoms with van der Waals surface area (Å²) in [5, 5.41) is 6.42. The molecule has 0 bridgehead atoms. The molecule has 2 rings (SSSR count). The molecule has 140 valence electrons. The monoisotopic (exact) mass is 349 g/mol. The average Bonchev–Trinajstić information content (AvgIpc) is 2.60. The van der Waals surface area contributed by atoms with E-state index >= 15 is 0 Å². The fraction of sp³-hybridized carbons (Fsp3) is 0.632. The zero-order valence-electron chi connectivity index (χ0n) is 15.8. The zero-order valence-corrected chi connectivity index (χ0v) is 15.8. The molecule has 0 saturated carbocycles. The van der Waals surface area contributed by atoms with Gasteiger partial charge in [0.1, 0.15) is 6.61 Å². The summed E-state index contributed by atoms with van der Waals surface area (Å²) < 4.78 is 11.2. The van der Waals surface area contributed by atoms with E-state index in [-0.39, 0.29) is 11.8 Å². The summed E-state index contributed by atoms with van der Waals surface area (Å²) in [5.74, 6) is 1.66. The lowest BCUT2D eigenvalue weighted by Crippen LogP contribution is -2.42. The predicted octanol–water partition coefficient (Wildman–Crippen LogP) is 1.64. The molecule has 1 heterocycles. The van der Waals surface area contributed by atoms with E-state index in [0.717, 1.165) is 37.2 Å². The van der Waals surface area contributed by atoms with Crippen LogP contribution in [0.5, 0.6) is 11.5 Å². The smallest absolute Gasteiger partial charge is 0.223 e. The fourth-order valence-electron chi connectivity index (χ4n) is 2.98. The molecule has 1 aromatic rings. The normalized spacial score (nSPS) is 20.4. The fourth-order valence-corrected chi connectivity index (χ4v) is 2.98. The van der Waals surface area contributed by atoms with Crippen molar-refractivity contribution in [3.63, 3.8) is 0 Å². The third-order valence-corrected chi connectivity index (χ3v) is 4.49. The molecule has 0 radical (unpaired) electrons. The van der Waals surface area contributed by atoms with E-state index in [9.17, 15) is 4.79 Å². The summed E-state index contributed by atoms with van der Waals surface area (Å²) in [6, 6.07) is 6.21. The average molecular weight is 349 g/mol. The van der Waals surface area contributed by atoms with Gasteiger partial charge < -0.3 is 25.0 Å². The second-order valence-corrected chi connectivity index (χ2v) is 6.93. The van der Waals surface area contributed by atoms with Crippen LogP contribution in [0.2, 0.25) is 0 Å². The Hall–Kier alpha value is -1.79. The number of amides is 1. The number of hydrogen-bond acceptors (Lipinski definition) is 5. The number of carbonyl (C=O) groups excluding carboxylic acids is 1. The van der Waals surface area contributed by atoms with Crippen molar-refractivity contribution < 1.29 is 14.3 Å². The molecule has 0 aromatic heterocycles. The first-order valence-corrected chi connectivity index (χ1v) is 8.95. The van der Waals surface area contributed by atoms with Gasteiger partial charge in [0, 0.05) is 25.0 Å². The van der Waals surface area contributed by atoms with Gasteiger partial charge in [0.15, 0.2) is 11.5 Å². The third kappa shape index (κ3) is 6.21. The van der Waals surface area contributed by atoms with Gasteiger partial charge in [-0.3, -0.25) is 4.79 Å². The Morgan fingerprint density at radius 2 is 2.16 bits per heavy atom. The minimum absolute atomic E-state index is 0.104. The van der Waals surface area contributed by atoms with E-state index in [1.807, 2.05) is 32.3 Å². The first-order chi connectivity index (χ1) is 12.0. The molecule has 0 unspecified atom stereocenters. The minimum atomic E-state index is 0.104. The van der Waals surface area contributed by atoms with Crippen LogP contribution in [0.4, 0.5) is 0 Å². The molecule has 1 aliphatic rings. The molecular formula is C19H31N3O3. The van der Waals surface area contributed by atoms with Crippen molar-refractivity contribution in [3.05, 3.63) is 23.8 Å². The molecule has 2 atom stereocenters. The van der Waals surface area contributed by atoms with Gasteiger partial charge in [-0.25, -0.2) is 0 Å². The minimum Gasteiger partial charge on any atom is -0.493 e. The SMILES string of the molecule is COc1cc(CNC(=O)[C@H]2CCN[C@@H](C)C2)ccc1OCCN(C)C. The standard InChI is InChI=1S/C19H31N3O3/c1-14-11-16(7-8-20-14)19(23)21-13-15-5-6-17(18(12-15)24-4)25-10-9-22(2)3/h5-6,12,14,16,20H,7-11,13H2,1-4H3,(H,21,23)/t14-,16-/m0/s1. The third-order valence-electron chi connectivity index (χ3n) is 4.49. The van der Waals surface area contributed by atoms with Crippen LogP contribution in [-0.4, -0.2) is 57.8 Å². The molecule has 6 heteroatoms. The van der Waals surface area contributed by atoms with Gasteiger partial charge in [-0.05, 0) is 58.1 Å². The molecule has 1 fully saturated rings. The molecule has 1 amide bonds. The molecule has 1 aliphatic heterocycles. The van der Waals surface area contributed by atoms with Gasteiger partial charge in [-0.15, -0.1) is 0 Å². The number of rotatable bonds is 8. The summed E-state index contributed by atoms with van der Waals surface area (Å²) in [5.41, 5.74) is 1.01. The highest BCUT2D eigenvalue weighted by molar-refractivity contribution is 5.78. The van der Waals surface area contributed by atoms with Crippen LogP contribution in [-0.2, 0) is 11.3 Å². The van der Waals surface area contributed by atoms with Crippen molar-refractivity contribution in [2.75, 3.05) is 40.9 Å². The lowest BCUT2D eigenvalue weighted by molar-refractivity contribution is -0.126. The first kappa shape index (κ1) is 19.5. The number of nitrogens with one attached hydrogen (secondary N) is 2.